The maximum Gasteiger partial charge on any atom is 0.310 e. The number of piperidine rings is 1. The highest BCUT2D eigenvalue weighted by Crippen LogP contribution is 2.24. The van der Waals surface area contributed by atoms with Crippen molar-refractivity contribution in [1.29, 1.82) is 0 Å². The SMILES string of the molecule is CCNC(=NCCN1CC(C)CC(C)C1)N1CC(C)C(C(=O)OC)C1.I. The van der Waals surface area contributed by atoms with Crippen molar-refractivity contribution in [3.63, 3.8) is 0 Å². The first-order valence-corrected chi connectivity index (χ1v) is 9.78. The molecule has 0 aromatic heterocycles. The molecule has 0 saturated carbocycles. The van der Waals surface area contributed by atoms with Gasteiger partial charge < -0.3 is 19.9 Å². The third-order valence-corrected chi connectivity index (χ3v) is 5.37. The monoisotopic (exact) mass is 480 g/mol. The largest absolute Gasteiger partial charge is 0.469 e. The Balaban J connectivity index is 0.00000338. The fourth-order valence-corrected chi connectivity index (χ4v) is 4.30. The zero-order valence-corrected chi connectivity index (χ0v) is 19.4. The number of carbonyl (C=O) groups excluding carboxylic acids is 1. The summed E-state index contributed by atoms with van der Waals surface area (Å²) in [6, 6.07) is 0. The second kappa shape index (κ2) is 11.3. The van der Waals surface area contributed by atoms with Gasteiger partial charge in [0.15, 0.2) is 5.96 Å². The third kappa shape index (κ3) is 6.55. The van der Waals surface area contributed by atoms with Crippen molar-refractivity contribution in [3.8, 4) is 0 Å². The number of aliphatic imine (C=N–C) groups is 1. The van der Waals surface area contributed by atoms with Crippen molar-refractivity contribution >= 4 is 35.9 Å². The predicted molar refractivity (Wildman–Crippen MR) is 117 cm³/mol. The van der Waals surface area contributed by atoms with Crippen LogP contribution in [0.15, 0.2) is 4.99 Å². The van der Waals surface area contributed by atoms with Crippen LogP contribution in [-0.2, 0) is 9.53 Å². The molecule has 2 fully saturated rings. The number of nitrogens with one attached hydrogen (secondary N) is 1. The van der Waals surface area contributed by atoms with Gasteiger partial charge in [0.1, 0.15) is 0 Å². The molecule has 0 aliphatic carbocycles. The molecule has 2 saturated heterocycles. The zero-order valence-electron chi connectivity index (χ0n) is 17.0. The maximum absolute atomic E-state index is 11.9. The lowest BCUT2D eigenvalue weighted by atomic mass is 9.92. The first-order valence-electron chi connectivity index (χ1n) is 9.78. The summed E-state index contributed by atoms with van der Waals surface area (Å²) in [5.41, 5.74) is 0. The molecular formula is C19H37IN4O2. The molecule has 2 aliphatic rings. The van der Waals surface area contributed by atoms with Gasteiger partial charge in [-0.3, -0.25) is 9.79 Å². The minimum absolute atomic E-state index is 0. The number of nitrogens with zero attached hydrogens (tertiary/aromatic N) is 3. The number of ether oxygens (including phenoxy) is 1. The molecule has 152 valence electrons. The van der Waals surface area contributed by atoms with E-state index in [0.29, 0.717) is 12.5 Å². The molecule has 0 bridgehead atoms. The van der Waals surface area contributed by atoms with Crippen LogP contribution in [0.2, 0.25) is 0 Å². The smallest absolute Gasteiger partial charge is 0.310 e. The number of esters is 1. The van der Waals surface area contributed by atoms with Crippen molar-refractivity contribution in [2.75, 3.05) is 52.9 Å². The minimum atomic E-state index is -0.109. The Bertz CT molecular complexity index is 464. The number of hydrogen-bond acceptors (Lipinski definition) is 4. The van der Waals surface area contributed by atoms with Gasteiger partial charge in [-0.1, -0.05) is 20.8 Å². The molecule has 2 aliphatic heterocycles. The van der Waals surface area contributed by atoms with E-state index in [1.165, 1.54) is 26.6 Å². The van der Waals surface area contributed by atoms with Crippen LogP contribution in [0.1, 0.15) is 34.1 Å². The van der Waals surface area contributed by atoms with E-state index in [1.807, 2.05) is 0 Å². The maximum atomic E-state index is 11.9. The molecule has 4 atom stereocenters. The number of hydrogen-bond donors (Lipinski definition) is 1. The molecule has 7 heteroatoms. The number of likely N-dealkylation sites (tertiary alicyclic amines) is 2. The van der Waals surface area contributed by atoms with Crippen LogP contribution < -0.4 is 5.32 Å². The lowest BCUT2D eigenvalue weighted by Crippen LogP contribution is -2.42. The van der Waals surface area contributed by atoms with Gasteiger partial charge in [0, 0.05) is 39.3 Å². The second-order valence-electron chi connectivity index (χ2n) is 7.95. The van der Waals surface area contributed by atoms with Crippen molar-refractivity contribution in [1.82, 2.24) is 15.1 Å². The topological polar surface area (TPSA) is 57.2 Å². The van der Waals surface area contributed by atoms with E-state index in [-0.39, 0.29) is 35.9 Å². The fraction of sp³-hybridized carbons (Fsp3) is 0.895. The first-order chi connectivity index (χ1) is 11.9. The van der Waals surface area contributed by atoms with Gasteiger partial charge in [0.2, 0.25) is 0 Å². The van der Waals surface area contributed by atoms with Gasteiger partial charge >= 0.3 is 5.97 Å². The number of methoxy groups -OCH3 is 1. The highest BCUT2D eigenvalue weighted by atomic mass is 127. The van der Waals surface area contributed by atoms with E-state index in [1.54, 1.807) is 0 Å². The van der Waals surface area contributed by atoms with Gasteiger partial charge in [0.05, 0.1) is 19.6 Å². The standard InChI is InChI=1S/C19H36N4O2.HI/c1-6-20-19(23-12-16(4)17(13-23)18(24)25-5)21-7-8-22-10-14(2)9-15(3)11-22;/h14-17H,6-13H2,1-5H3,(H,20,21);1H. The molecule has 0 amide bonds. The molecule has 2 heterocycles. The summed E-state index contributed by atoms with van der Waals surface area (Å²) in [7, 11) is 1.47. The number of guanidine groups is 1. The fourth-order valence-electron chi connectivity index (χ4n) is 4.30. The predicted octanol–water partition coefficient (Wildman–Crippen LogP) is 2.29. The van der Waals surface area contributed by atoms with Crippen LogP contribution in [0.4, 0.5) is 0 Å². The molecule has 2 rings (SSSR count). The zero-order chi connectivity index (χ0) is 18.4. The van der Waals surface area contributed by atoms with Crippen molar-refractivity contribution in [3.05, 3.63) is 0 Å². The van der Waals surface area contributed by atoms with Crippen LogP contribution in [-0.4, -0.2) is 74.7 Å². The summed E-state index contributed by atoms with van der Waals surface area (Å²) in [6.45, 7) is 15.4. The van der Waals surface area contributed by atoms with E-state index in [0.717, 1.165) is 44.0 Å². The molecule has 26 heavy (non-hydrogen) atoms. The van der Waals surface area contributed by atoms with Crippen molar-refractivity contribution in [2.45, 2.75) is 34.1 Å². The Morgan fingerprint density at radius 1 is 1.15 bits per heavy atom. The highest BCUT2D eigenvalue weighted by Gasteiger charge is 2.36. The number of halogens is 1. The van der Waals surface area contributed by atoms with Gasteiger partial charge in [-0.2, -0.15) is 0 Å². The normalized spacial score (nSPS) is 30.0. The highest BCUT2D eigenvalue weighted by molar-refractivity contribution is 14.0. The van der Waals surface area contributed by atoms with Crippen molar-refractivity contribution in [2.24, 2.45) is 28.7 Å². The lowest BCUT2D eigenvalue weighted by molar-refractivity contribution is -0.145. The van der Waals surface area contributed by atoms with Gasteiger partial charge in [-0.05, 0) is 31.1 Å². The minimum Gasteiger partial charge on any atom is -0.469 e. The number of rotatable bonds is 5. The van der Waals surface area contributed by atoms with Gasteiger partial charge in [-0.25, -0.2) is 0 Å². The molecule has 0 spiro atoms. The summed E-state index contributed by atoms with van der Waals surface area (Å²) in [5, 5.41) is 3.38. The third-order valence-electron chi connectivity index (χ3n) is 5.37. The summed E-state index contributed by atoms with van der Waals surface area (Å²) >= 11 is 0. The van der Waals surface area contributed by atoms with E-state index < -0.39 is 0 Å². The average molecular weight is 480 g/mol. The van der Waals surface area contributed by atoms with E-state index >= 15 is 0 Å². The molecule has 1 N–H and O–H groups in total. The van der Waals surface area contributed by atoms with E-state index in [9.17, 15) is 4.79 Å². The Kier molecular flexibility index (Phi) is 10.2. The second-order valence-corrected chi connectivity index (χ2v) is 7.95. The molecule has 0 aromatic carbocycles. The Morgan fingerprint density at radius 2 is 1.81 bits per heavy atom. The summed E-state index contributed by atoms with van der Waals surface area (Å²) in [5.74, 6) is 2.61. The molecule has 0 radical (unpaired) electrons. The van der Waals surface area contributed by atoms with Crippen LogP contribution in [0.5, 0.6) is 0 Å². The summed E-state index contributed by atoms with van der Waals surface area (Å²) in [4.78, 5) is 21.5. The van der Waals surface area contributed by atoms with Crippen LogP contribution in [0.25, 0.3) is 0 Å². The van der Waals surface area contributed by atoms with Crippen LogP contribution >= 0.6 is 24.0 Å². The quantitative estimate of drug-likeness (QED) is 0.283. The Labute approximate surface area is 176 Å². The summed E-state index contributed by atoms with van der Waals surface area (Å²) in [6.07, 6.45) is 1.34. The Morgan fingerprint density at radius 3 is 2.38 bits per heavy atom. The van der Waals surface area contributed by atoms with Crippen LogP contribution in [0.3, 0.4) is 0 Å². The van der Waals surface area contributed by atoms with E-state index in [4.69, 9.17) is 9.73 Å². The lowest BCUT2D eigenvalue weighted by Gasteiger charge is -2.34. The molecule has 4 unspecified atom stereocenters. The van der Waals surface area contributed by atoms with Crippen LogP contribution in [0, 0.1) is 23.7 Å². The molecule has 6 nitrogen and oxygen atoms in total. The van der Waals surface area contributed by atoms with E-state index in [2.05, 4.69) is 42.8 Å². The summed E-state index contributed by atoms with van der Waals surface area (Å²) < 4.78 is 4.94. The van der Waals surface area contributed by atoms with Gasteiger partial charge in [0.25, 0.3) is 0 Å². The van der Waals surface area contributed by atoms with Gasteiger partial charge in [-0.15, -0.1) is 24.0 Å². The Hall–Kier alpha value is -0.570. The molecule has 0 aromatic rings. The average Bonchev–Trinajstić information content (AvgIpc) is 2.94. The number of carbonyl (C=O) groups is 1. The molecular weight excluding hydrogens is 443 g/mol. The first kappa shape index (κ1) is 23.5. The van der Waals surface area contributed by atoms with Crippen molar-refractivity contribution < 1.29 is 9.53 Å².